The van der Waals surface area contributed by atoms with Gasteiger partial charge in [-0.1, -0.05) is 6.92 Å². The third-order valence-corrected chi connectivity index (χ3v) is 1.27. The first-order chi connectivity index (χ1) is 4.62. The number of hydrogen-bond donors (Lipinski definition) is 0. The van der Waals surface area contributed by atoms with E-state index in [0.717, 1.165) is 0 Å². The summed E-state index contributed by atoms with van der Waals surface area (Å²) in [6.07, 6.45) is -0.313. The maximum atomic E-state index is 12.4. The van der Waals surface area contributed by atoms with Crippen LogP contribution in [0.15, 0.2) is 0 Å². The molecule has 0 saturated heterocycles. The van der Waals surface area contributed by atoms with Crippen molar-refractivity contribution in [3.8, 4) is 0 Å². The molecule has 0 aromatic carbocycles. The zero-order chi connectivity index (χ0) is 8.04. The van der Waals surface area contributed by atoms with Gasteiger partial charge in [0.1, 0.15) is 0 Å². The summed E-state index contributed by atoms with van der Waals surface area (Å²) < 4.78 is 29.4. The predicted molar refractivity (Wildman–Crippen MR) is 36.0 cm³/mol. The van der Waals surface area contributed by atoms with Gasteiger partial charge in [-0.2, -0.15) is 0 Å². The molecule has 0 rings (SSSR count). The molecule has 10 heavy (non-hydrogen) atoms. The van der Waals surface area contributed by atoms with Gasteiger partial charge in [0.15, 0.2) is 0 Å². The van der Waals surface area contributed by atoms with E-state index in [1.807, 2.05) is 0 Å². The monoisotopic (exact) mass is 151 g/mol. The maximum Gasteiger partial charge on any atom is 0.250 e. The Hall–Kier alpha value is -0.180. The average molecular weight is 151 g/mol. The van der Waals surface area contributed by atoms with Crippen LogP contribution in [-0.4, -0.2) is 19.1 Å². The van der Waals surface area contributed by atoms with E-state index < -0.39 is 5.92 Å². The van der Waals surface area contributed by atoms with E-state index in [4.69, 9.17) is 0 Å². The van der Waals surface area contributed by atoms with E-state index in [-0.39, 0.29) is 26.1 Å². The van der Waals surface area contributed by atoms with Gasteiger partial charge >= 0.3 is 0 Å². The van der Waals surface area contributed by atoms with Crippen molar-refractivity contribution in [2.75, 3.05) is 13.2 Å². The van der Waals surface area contributed by atoms with Gasteiger partial charge in [0, 0.05) is 19.4 Å². The van der Waals surface area contributed by atoms with Gasteiger partial charge in [-0.15, -0.1) is 0 Å². The fraction of sp³-hybridized carbons (Fsp3) is 0.857. The average Bonchev–Trinajstić information content (AvgIpc) is 1.89. The number of rotatable bonds is 5. The smallest absolute Gasteiger partial charge is 0.250 e. The minimum absolute atomic E-state index is 0.102. The van der Waals surface area contributed by atoms with Crippen LogP contribution in [0.2, 0.25) is 0 Å². The third kappa shape index (κ3) is 4.68. The molecular weight excluding hydrogens is 138 g/mol. The van der Waals surface area contributed by atoms with Crippen molar-refractivity contribution < 1.29 is 13.5 Å². The predicted octanol–water partition coefficient (Wildman–Crippen LogP) is 2.27. The summed E-state index contributed by atoms with van der Waals surface area (Å²) in [4.78, 5) is 0. The summed E-state index contributed by atoms with van der Waals surface area (Å²) in [5, 5.41) is 0. The molecule has 1 nitrogen and oxygen atoms in total. The Morgan fingerprint density at radius 2 is 2.10 bits per heavy atom. The van der Waals surface area contributed by atoms with Gasteiger partial charge in [0.25, 0.3) is 0 Å². The van der Waals surface area contributed by atoms with Gasteiger partial charge in [-0.05, 0) is 6.92 Å². The first-order valence-electron chi connectivity index (χ1n) is 3.37. The van der Waals surface area contributed by atoms with Gasteiger partial charge in [0.05, 0.1) is 6.61 Å². The van der Waals surface area contributed by atoms with Gasteiger partial charge in [0.2, 0.25) is 5.92 Å². The lowest BCUT2D eigenvalue weighted by Gasteiger charge is -2.12. The summed E-state index contributed by atoms with van der Waals surface area (Å²) >= 11 is 0. The normalized spacial score (nSPS) is 12.0. The molecule has 0 aliphatic carbocycles. The van der Waals surface area contributed by atoms with E-state index in [2.05, 4.69) is 11.7 Å². The molecule has 61 valence electrons. The van der Waals surface area contributed by atoms with E-state index in [0.29, 0.717) is 0 Å². The Bertz CT molecular complexity index is 83.7. The molecule has 0 fully saturated rings. The molecule has 0 bridgehead atoms. The van der Waals surface area contributed by atoms with Crippen LogP contribution >= 0.6 is 0 Å². The van der Waals surface area contributed by atoms with Crippen molar-refractivity contribution in [2.45, 2.75) is 25.7 Å². The van der Waals surface area contributed by atoms with Crippen molar-refractivity contribution in [3.63, 3.8) is 0 Å². The lowest BCUT2D eigenvalue weighted by Crippen LogP contribution is -2.17. The molecule has 0 atom stereocenters. The Balaban J connectivity index is 3.28. The van der Waals surface area contributed by atoms with Crippen molar-refractivity contribution in [3.05, 3.63) is 6.92 Å². The Labute approximate surface area is 60.4 Å². The minimum atomic E-state index is -2.56. The van der Waals surface area contributed by atoms with Crippen LogP contribution in [-0.2, 0) is 4.74 Å². The highest BCUT2D eigenvalue weighted by Gasteiger charge is 2.24. The minimum Gasteiger partial charge on any atom is -0.381 e. The highest BCUT2D eigenvalue weighted by Crippen LogP contribution is 2.21. The van der Waals surface area contributed by atoms with Crippen LogP contribution in [0, 0.1) is 6.92 Å². The molecule has 0 aromatic rings. The lowest BCUT2D eigenvalue weighted by molar-refractivity contribution is -0.0333. The van der Waals surface area contributed by atoms with Crippen LogP contribution in [0.25, 0.3) is 0 Å². The molecular formula is C7H13F2O. The van der Waals surface area contributed by atoms with Crippen LogP contribution in [0.4, 0.5) is 8.78 Å². The van der Waals surface area contributed by atoms with Gasteiger partial charge in [-0.3, -0.25) is 0 Å². The zero-order valence-corrected chi connectivity index (χ0v) is 6.20. The van der Waals surface area contributed by atoms with Crippen molar-refractivity contribution in [1.29, 1.82) is 0 Å². The van der Waals surface area contributed by atoms with Crippen LogP contribution < -0.4 is 0 Å². The number of hydrogen-bond acceptors (Lipinski definition) is 1. The Kier molecular flexibility index (Phi) is 4.52. The quantitative estimate of drug-likeness (QED) is 0.548. The van der Waals surface area contributed by atoms with Crippen molar-refractivity contribution in [2.24, 2.45) is 0 Å². The molecule has 1 radical (unpaired) electrons. The number of halogens is 2. The van der Waals surface area contributed by atoms with E-state index in [1.54, 1.807) is 0 Å². The topological polar surface area (TPSA) is 9.23 Å². The number of alkyl halides is 2. The molecule has 0 aliphatic rings. The highest BCUT2D eigenvalue weighted by atomic mass is 19.3. The Morgan fingerprint density at radius 1 is 1.50 bits per heavy atom. The van der Waals surface area contributed by atoms with E-state index in [9.17, 15) is 8.78 Å². The van der Waals surface area contributed by atoms with E-state index in [1.165, 1.54) is 6.92 Å². The standard InChI is InChI=1S/C7H13F2O/c1-3-7(8,9)5-6-10-4-2/h2-6H2,1H3. The summed E-state index contributed by atoms with van der Waals surface area (Å²) in [6.45, 7) is 5.19. The zero-order valence-electron chi connectivity index (χ0n) is 6.20. The first-order valence-corrected chi connectivity index (χ1v) is 3.37. The fourth-order valence-corrected chi connectivity index (χ4v) is 0.500. The lowest BCUT2D eigenvalue weighted by atomic mass is 10.2. The molecule has 3 heteroatoms. The van der Waals surface area contributed by atoms with Crippen LogP contribution in [0.3, 0.4) is 0 Å². The summed E-state index contributed by atoms with van der Waals surface area (Å²) in [5.74, 6) is -2.56. The molecule has 0 heterocycles. The van der Waals surface area contributed by atoms with Crippen molar-refractivity contribution in [1.82, 2.24) is 0 Å². The fourth-order valence-electron chi connectivity index (χ4n) is 0.500. The second-order valence-corrected chi connectivity index (χ2v) is 2.07. The summed E-state index contributed by atoms with van der Waals surface area (Å²) in [6, 6.07) is 0. The molecule has 0 saturated carbocycles. The molecule has 0 N–H and O–H groups in total. The molecule has 0 spiro atoms. The third-order valence-electron chi connectivity index (χ3n) is 1.27. The summed E-state index contributed by atoms with van der Waals surface area (Å²) in [5.41, 5.74) is 0. The second kappa shape index (κ2) is 4.61. The Morgan fingerprint density at radius 3 is 2.50 bits per heavy atom. The molecule has 0 amide bonds. The van der Waals surface area contributed by atoms with Crippen LogP contribution in [0.1, 0.15) is 19.8 Å². The molecule has 0 aromatic heterocycles. The number of ether oxygens (including phenoxy) is 1. The first kappa shape index (κ1) is 9.82. The van der Waals surface area contributed by atoms with Gasteiger partial charge in [-0.25, -0.2) is 8.78 Å². The largest absolute Gasteiger partial charge is 0.381 e. The van der Waals surface area contributed by atoms with Crippen LogP contribution in [0.5, 0.6) is 0 Å². The maximum absolute atomic E-state index is 12.4. The summed E-state index contributed by atoms with van der Waals surface area (Å²) in [7, 11) is 0. The van der Waals surface area contributed by atoms with Gasteiger partial charge < -0.3 is 4.74 Å². The van der Waals surface area contributed by atoms with Crippen molar-refractivity contribution >= 4 is 0 Å². The highest BCUT2D eigenvalue weighted by molar-refractivity contribution is 4.62. The SMILES string of the molecule is [CH2]COCCC(F)(F)CC. The molecule has 0 unspecified atom stereocenters. The second-order valence-electron chi connectivity index (χ2n) is 2.07. The molecule has 0 aliphatic heterocycles. The van der Waals surface area contributed by atoms with E-state index >= 15 is 0 Å².